The third-order valence-corrected chi connectivity index (χ3v) is 2.91. The number of amides is 2. The zero-order chi connectivity index (χ0) is 14.5. The number of urea groups is 1. The first-order valence-electron chi connectivity index (χ1n) is 6.11. The number of anilines is 1. The Bertz CT molecular complexity index is 511. The zero-order valence-corrected chi connectivity index (χ0v) is 12.3. The van der Waals surface area contributed by atoms with Crippen molar-refractivity contribution in [2.75, 3.05) is 38.2 Å². The molecule has 1 aliphatic heterocycles. The van der Waals surface area contributed by atoms with Crippen molar-refractivity contribution in [3.8, 4) is 5.75 Å². The summed E-state index contributed by atoms with van der Waals surface area (Å²) >= 11 is 0. The highest BCUT2D eigenvalue weighted by molar-refractivity contribution is 5.92. The maximum absolute atomic E-state index is 12.3. The van der Waals surface area contributed by atoms with E-state index in [9.17, 15) is 9.18 Å². The summed E-state index contributed by atoms with van der Waals surface area (Å²) in [7, 11) is 1.72. The number of nitrogens with zero attached hydrogens (tertiary/aromatic N) is 4. The van der Waals surface area contributed by atoms with Crippen LogP contribution in [0.15, 0.2) is 24.3 Å². The summed E-state index contributed by atoms with van der Waals surface area (Å²) in [5, 5.41) is 0. The summed E-state index contributed by atoms with van der Waals surface area (Å²) in [5.41, 5.74) is 5.65. The fraction of sp³-hybridized carbons (Fsp3) is 0.417. The minimum absolute atomic E-state index is 0. The summed E-state index contributed by atoms with van der Waals surface area (Å²) in [6.07, 6.45) is 3.31. The second kappa shape index (κ2) is 7.75. The molecule has 0 spiro atoms. The molecule has 1 aliphatic rings. The number of carbonyl (C=O) groups excluding carboxylic acids is 1. The topological polar surface area (TPSA) is 84.6 Å². The van der Waals surface area contributed by atoms with E-state index in [1.54, 1.807) is 11.9 Å². The third-order valence-electron chi connectivity index (χ3n) is 2.91. The molecule has 2 amide bonds. The molecule has 1 fully saturated rings. The Morgan fingerprint density at radius 2 is 2.14 bits per heavy atom. The predicted molar refractivity (Wildman–Crippen MR) is 78.4 cm³/mol. The molecule has 0 bridgehead atoms. The van der Waals surface area contributed by atoms with Crippen molar-refractivity contribution < 1.29 is 13.9 Å². The first kappa shape index (κ1) is 17.1. The summed E-state index contributed by atoms with van der Waals surface area (Å²) in [6, 6.07) is -0.135. The van der Waals surface area contributed by atoms with E-state index in [0.29, 0.717) is 36.7 Å². The van der Waals surface area contributed by atoms with E-state index in [2.05, 4.69) is 9.97 Å². The van der Waals surface area contributed by atoms with Gasteiger partial charge in [-0.25, -0.2) is 19.2 Å². The van der Waals surface area contributed by atoms with Crippen LogP contribution in [0.3, 0.4) is 0 Å². The van der Waals surface area contributed by atoms with Crippen LogP contribution in [0.25, 0.3) is 0 Å². The molecule has 0 saturated carbocycles. The van der Waals surface area contributed by atoms with Crippen molar-refractivity contribution in [2.24, 2.45) is 5.73 Å². The first-order valence-corrected chi connectivity index (χ1v) is 6.11. The van der Waals surface area contributed by atoms with E-state index in [1.165, 1.54) is 17.3 Å². The number of carbonyl (C=O) groups is 1. The van der Waals surface area contributed by atoms with Crippen LogP contribution in [0.1, 0.15) is 0 Å². The van der Waals surface area contributed by atoms with E-state index in [0.717, 1.165) is 0 Å². The van der Waals surface area contributed by atoms with Gasteiger partial charge >= 0.3 is 6.03 Å². The molecule has 1 saturated heterocycles. The molecule has 9 heteroatoms. The Hall–Kier alpha value is -1.93. The van der Waals surface area contributed by atoms with Gasteiger partial charge in [0.15, 0.2) is 5.75 Å². The number of hydrogen-bond acceptors (Lipinski definition) is 5. The number of ether oxygens (including phenoxy) is 1. The Kier molecular flexibility index (Phi) is 6.32. The SMILES string of the molecule is CN1CCN(c2ncc(OC/C(=C/F)CN)cn2)C1=O.Cl. The van der Waals surface area contributed by atoms with Gasteiger partial charge in [-0.15, -0.1) is 12.4 Å². The zero-order valence-electron chi connectivity index (χ0n) is 11.5. The molecule has 0 aliphatic carbocycles. The van der Waals surface area contributed by atoms with Gasteiger partial charge in [-0.2, -0.15) is 0 Å². The standard InChI is InChI=1S/C12H16FN5O2.ClH/c1-17-2-3-18(12(17)19)11-15-6-10(7-16-11)20-8-9(4-13)5-14;/h4,6-7H,2-3,5,8,14H2,1H3;1H/b9-4+;. The van der Waals surface area contributed by atoms with E-state index >= 15 is 0 Å². The van der Waals surface area contributed by atoms with Crippen LogP contribution in [-0.4, -0.2) is 54.2 Å². The average molecular weight is 318 g/mol. The summed E-state index contributed by atoms with van der Waals surface area (Å²) in [5.74, 6) is 0.716. The molecule has 7 nitrogen and oxygen atoms in total. The van der Waals surface area contributed by atoms with Crippen LogP contribution in [0.5, 0.6) is 5.75 Å². The van der Waals surface area contributed by atoms with E-state index in [4.69, 9.17) is 10.5 Å². The number of rotatable bonds is 5. The Morgan fingerprint density at radius 1 is 1.48 bits per heavy atom. The second-order valence-corrected chi connectivity index (χ2v) is 4.33. The Labute approximate surface area is 128 Å². The highest BCUT2D eigenvalue weighted by Crippen LogP contribution is 2.16. The lowest BCUT2D eigenvalue weighted by Gasteiger charge is -2.14. The molecule has 0 unspecified atom stereocenters. The molecule has 2 N–H and O–H groups in total. The lowest BCUT2D eigenvalue weighted by atomic mass is 10.3. The maximum atomic E-state index is 12.3. The molecule has 0 radical (unpaired) electrons. The van der Waals surface area contributed by atoms with Crippen LogP contribution in [0.2, 0.25) is 0 Å². The van der Waals surface area contributed by atoms with Crippen molar-refractivity contribution in [3.63, 3.8) is 0 Å². The van der Waals surface area contributed by atoms with Crippen LogP contribution >= 0.6 is 12.4 Å². The van der Waals surface area contributed by atoms with E-state index in [-0.39, 0.29) is 31.6 Å². The lowest BCUT2D eigenvalue weighted by molar-refractivity contribution is 0.229. The summed E-state index contributed by atoms with van der Waals surface area (Å²) < 4.78 is 17.6. The quantitative estimate of drug-likeness (QED) is 0.874. The maximum Gasteiger partial charge on any atom is 0.326 e. The minimum Gasteiger partial charge on any atom is -0.486 e. The second-order valence-electron chi connectivity index (χ2n) is 4.33. The van der Waals surface area contributed by atoms with Crippen molar-refractivity contribution >= 4 is 24.4 Å². The van der Waals surface area contributed by atoms with Crippen LogP contribution in [0, 0.1) is 0 Å². The monoisotopic (exact) mass is 317 g/mol. The van der Waals surface area contributed by atoms with Crippen molar-refractivity contribution in [1.82, 2.24) is 14.9 Å². The summed E-state index contributed by atoms with van der Waals surface area (Å²) in [6.45, 7) is 1.32. The molecule has 1 aromatic rings. The van der Waals surface area contributed by atoms with Crippen LogP contribution < -0.4 is 15.4 Å². The largest absolute Gasteiger partial charge is 0.486 e. The molecular weight excluding hydrogens is 301 g/mol. The predicted octanol–water partition coefficient (Wildman–Crippen LogP) is 0.961. The number of halogens is 2. The van der Waals surface area contributed by atoms with Crippen LogP contribution in [0.4, 0.5) is 15.1 Å². The average Bonchev–Trinajstić information content (AvgIpc) is 2.81. The van der Waals surface area contributed by atoms with Gasteiger partial charge in [0.1, 0.15) is 6.61 Å². The smallest absolute Gasteiger partial charge is 0.326 e. The van der Waals surface area contributed by atoms with Gasteiger partial charge in [-0.05, 0) is 0 Å². The third kappa shape index (κ3) is 4.02. The van der Waals surface area contributed by atoms with Gasteiger partial charge in [-0.3, -0.25) is 4.90 Å². The molecule has 21 heavy (non-hydrogen) atoms. The highest BCUT2D eigenvalue weighted by atomic mass is 35.5. The molecule has 0 atom stereocenters. The summed E-state index contributed by atoms with van der Waals surface area (Å²) in [4.78, 5) is 23.0. The van der Waals surface area contributed by atoms with Gasteiger partial charge in [0.2, 0.25) is 5.95 Å². The highest BCUT2D eigenvalue weighted by Gasteiger charge is 2.28. The number of aromatic nitrogens is 2. The van der Waals surface area contributed by atoms with Gasteiger partial charge in [0, 0.05) is 32.3 Å². The number of nitrogens with two attached hydrogens (primary N) is 1. The molecule has 0 aromatic carbocycles. The molecule has 1 aromatic heterocycles. The fourth-order valence-electron chi connectivity index (χ4n) is 1.67. The fourth-order valence-corrected chi connectivity index (χ4v) is 1.67. The molecule has 2 rings (SSSR count). The Balaban J connectivity index is 0.00000220. The van der Waals surface area contributed by atoms with Gasteiger partial charge in [0.25, 0.3) is 0 Å². The minimum atomic E-state index is -0.135. The lowest BCUT2D eigenvalue weighted by Crippen LogP contribution is -2.30. The van der Waals surface area contributed by atoms with Crippen molar-refractivity contribution in [3.05, 3.63) is 24.3 Å². The van der Waals surface area contributed by atoms with Crippen molar-refractivity contribution in [1.29, 1.82) is 0 Å². The molecule has 116 valence electrons. The number of hydrogen-bond donors (Lipinski definition) is 1. The Morgan fingerprint density at radius 3 is 2.62 bits per heavy atom. The molecule has 2 heterocycles. The van der Waals surface area contributed by atoms with E-state index in [1.807, 2.05) is 0 Å². The van der Waals surface area contributed by atoms with E-state index < -0.39 is 0 Å². The van der Waals surface area contributed by atoms with Gasteiger partial charge in [-0.1, -0.05) is 0 Å². The molecular formula is C12H17ClFN5O2. The van der Waals surface area contributed by atoms with Gasteiger partial charge < -0.3 is 15.4 Å². The normalized spacial score (nSPS) is 15.2. The van der Waals surface area contributed by atoms with Gasteiger partial charge in [0.05, 0.1) is 18.7 Å². The number of likely N-dealkylation sites (N-methyl/N-ethyl adjacent to an activating group) is 1. The van der Waals surface area contributed by atoms with Crippen LogP contribution in [-0.2, 0) is 0 Å². The van der Waals surface area contributed by atoms with Crippen molar-refractivity contribution in [2.45, 2.75) is 0 Å². The first-order chi connectivity index (χ1) is 9.65.